The lowest BCUT2D eigenvalue weighted by molar-refractivity contribution is -0.140. The molecule has 0 radical (unpaired) electrons. The Bertz CT molecular complexity index is 1560. The van der Waals surface area contributed by atoms with Crippen LogP contribution in [0.2, 0.25) is 0 Å². The second-order valence-corrected chi connectivity index (χ2v) is 14.0. The van der Waals surface area contributed by atoms with Gasteiger partial charge in [0.1, 0.15) is 11.9 Å². The van der Waals surface area contributed by atoms with Gasteiger partial charge in [0.15, 0.2) is 5.13 Å². The molecule has 1 aromatic heterocycles. The normalized spacial score (nSPS) is 24.2. The second-order valence-electron chi connectivity index (χ2n) is 12.9. The highest BCUT2D eigenvalue weighted by Gasteiger charge is 2.41. The van der Waals surface area contributed by atoms with Gasteiger partial charge in [-0.25, -0.2) is 9.37 Å². The zero-order valence-corrected chi connectivity index (χ0v) is 27.3. The van der Waals surface area contributed by atoms with Gasteiger partial charge in [0, 0.05) is 56.3 Å². The lowest BCUT2D eigenvalue weighted by atomic mass is 9.75. The van der Waals surface area contributed by atoms with Crippen molar-refractivity contribution in [2.45, 2.75) is 57.0 Å². The van der Waals surface area contributed by atoms with Gasteiger partial charge in [0.25, 0.3) is 0 Å². The van der Waals surface area contributed by atoms with E-state index in [0.717, 1.165) is 22.4 Å². The summed E-state index contributed by atoms with van der Waals surface area (Å²) >= 11 is 1.41. The Balaban J connectivity index is 1.11. The summed E-state index contributed by atoms with van der Waals surface area (Å²) in [6.45, 7) is 2.59. The highest BCUT2D eigenvalue weighted by Crippen LogP contribution is 2.36. The summed E-state index contributed by atoms with van der Waals surface area (Å²) in [5, 5.41) is 9.91. The van der Waals surface area contributed by atoms with Crippen molar-refractivity contribution in [3.63, 3.8) is 0 Å². The summed E-state index contributed by atoms with van der Waals surface area (Å²) < 4.78 is 18.9. The molecule has 3 aliphatic heterocycles. The van der Waals surface area contributed by atoms with Crippen molar-refractivity contribution >= 4 is 34.2 Å². The summed E-state index contributed by atoms with van der Waals surface area (Å²) in [6, 6.07) is 15.4. The number of likely N-dealkylation sites (tertiary alicyclic amines) is 1. The van der Waals surface area contributed by atoms with Gasteiger partial charge < -0.3 is 20.7 Å². The maximum atomic E-state index is 13.8. The molecule has 0 unspecified atom stereocenters. The van der Waals surface area contributed by atoms with Crippen LogP contribution in [0, 0.1) is 17.2 Å². The minimum Gasteiger partial charge on any atom is -0.381 e. The molecule has 3 N–H and O–H groups in total. The van der Waals surface area contributed by atoms with Crippen molar-refractivity contribution < 1.29 is 23.5 Å². The summed E-state index contributed by atoms with van der Waals surface area (Å²) in [7, 11) is 0. The number of rotatable bonds is 7. The van der Waals surface area contributed by atoms with E-state index in [2.05, 4.69) is 38.0 Å². The van der Waals surface area contributed by atoms with E-state index < -0.39 is 11.5 Å². The Hall–Kier alpha value is -3.93. The summed E-state index contributed by atoms with van der Waals surface area (Å²) in [5.41, 5.74) is 1.36. The molecule has 1 spiro atoms. The third-order valence-electron chi connectivity index (χ3n) is 9.55. The number of aromatic nitrogens is 1. The van der Waals surface area contributed by atoms with Gasteiger partial charge in [0.2, 0.25) is 17.7 Å². The maximum Gasteiger partial charge on any atom is 0.243 e. The van der Waals surface area contributed by atoms with Gasteiger partial charge in [-0.1, -0.05) is 54.6 Å². The van der Waals surface area contributed by atoms with Gasteiger partial charge in [-0.05, 0) is 61.3 Å². The number of carbonyl (C=O) groups is 3. The number of hydrogen-bond acceptors (Lipinski definition) is 7. The van der Waals surface area contributed by atoms with Crippen LogP contribution >= 0.6 is 11.3 Å². The molecule has 3 atom stereocenters. The lowest BCUT2D eigenvalue weighted by Crippen LogP contribution is -2.58. The number of nitrogens with one attached hydrogen (secondary N) is 3. The molecule has 11 heteroatoms. The Labute approximate surface area is 279 Å². The van der Waals surface area contributed by atoms with E-state index in [0.29, 0.717) is 70.0 Å². The van der Waals surface area contributed by atoms with Crippen LogP contribution in [0.15, 0.2) is 72.9 Å². The predicted molar refractivity (Wildman–Crippen MR) is 179 cm³/mol. The van der Waals surface area contributed by atoms with E-state index >= 15 is 0 Å². The number of carbonyl (C=O) groups excluding carboxylic acids is 3. The fourth-order valence-corrected chi connectivity index (χ4v) is 7.67. The van der Waals surface area contributed by atoms with Gasteiger partial charge in [-0.15, -0.1) is 11.3 Å². The van der Waals surface area contributed by atoms with E-state index in [-0.39, 0.29) is 42.0 Å². The Morgan fingerprint density at radius 3 is 2.62 bits per heavy atom. The molecule has 248 valence electrons. The monoisotopic (exact) mass is 659 g/mol. The molecule has 2 saturated heterocycles. The van der Waals surface area contributed by atoms with Crippen molar-refractivity contribution in [1.82, 2.24) is 20.5 Å². The van der Waals surface area contributed by atoms with Crippen LogP contribution in [0.1, 0.15) is 48.1 Å². The standard InChI is InChI=1S/C36H42FN5O4S/c37-28-11-9-26(10-12-28)20-29-22-38-35(47-29)41-32(43)24-42-17-13-30-27(23-42)8-4-5-14-36(15-18-46-19-16-36)34(45)40-31(33(44)39-30)21-25-6-2-1-3-7-25/h1-7,9-12,22,27,30-31H,8,13-21,23-24H2,(H,39,44)(H,40,45)(H,38,41,43)/b5-4+/t27-,30-,31+/m0/s1. The molecule has 0 aliphatic carbocycles. The van der Waals surface area contributed by atoms with Crippen LogP contribution < -0.4 is 16.0 Å². The Morgan fingerprint density at radius 1 is 1.04 bits per heavy atom. The largest absolute Gasteiger partial charge is 0.381 e. The molecule has 2 aromatic carbocycles. The first-order chi connectivity index (χ1) is 22.8. The molecular formula is C36H42FN5O4S. The van der Waals surface area contributed by atoms with Crippen LogP contribution in [-0.2, 0) is 32.0 Å². The number of hydrogen-bond donors (Lipinski definition) is 3. The molecule has 3 aromatic rings. The van der Waals surface area contributed by atoms with Crippen LogP contribution in [-0.4, -0.2) is 72.5 Å². The first-order valence-electron chi connectivity index (χ1n) is 16.4. The Kier molecular flexibility index (Phi) is 10.7. The van der Waals surface area contributed by atoms with Crippen molar-refractivity contribution in [2.75, 3.05) is 38.2 Å². The molecule has 47 heavy (non-hydrogen) atoms. The minimum atomic E-state index is -0.691. The predicted octanol–water partition coefficient (Wildman–Crippen LogP) is 4.49. The van der Waals surface area contributed by atoms with Crippen molar-refractivity contribution in [2.24, 2.45) is 11.3 Å². The topological polar surface area (TPSA) is 113 Å². The first kappa shape index (κ1) is 33.0. The zero-order valence-electron chi connectivity index (χ0n) is 26.5. The fourth-order valence-electron chi connectivity index (χ4n) is 6.81. The summed E-state index contributed by atoms with van der Waals surface area (Å²) in [5.74, 6) is -0.547. The number of thiazole rings is 1. The number of benzene rings is 2. The van der Waals surface area contributed by atoms with Crippen LogP contribution in [0.5, 0.6) is 0 Å². The molecule has 2 fully saturated rings. The summed E-state index contributed by atoms with van der Waals surface area (Å²) in [4.78, 5) is 48.2. The number of anilines is 1. The second kappa shape index (κ2) is 15.3. The maximum absolute atomic E-state index is 13.8. The lowest BCUT2D eigenvalue weighted by Gasteiger charge is -2.40. The number of halogens is 1. The van der Waals surface area contributed by atoms with E-state index in [1.807, 2.05) is 30.3 Å². The molecule has 9 nitrogen and oxygen atoms in total. The fraction of sp³-hybridized carbons (Fsp3) is 0.444. The van der Waals surface area contributed by atoms with E-state index in [1.165, 1.54) is 23.5 Å². The number of ether oxygens (including phenoxy) is 1. The van der Waals surface area contributed by atoms with Gasteiger partial charge in [-0.2, -0.15) is 0 Å². The number of nitrogens with zero attached hydrogens (tertiary/aromatic N) is 2. The quantitative estimate of drug-likeness (QED) is 0.323. The van der Waals surface area contributed by atoms with E-state index in [4.69, 9.17) is 4.74 Å². The summed E-state index contributed by atoms with van der Waals surface area (Å²) in [6.07, 6.45) is 10.3. The average Bonchev–Trinajstić information content (AvgIpc) is 3.51. The van der Waals surface area contributed by atoms with Gasteiger partial charge in [0.05, 0.1) is 12.0 Å². The van der Waals surface area contributed by atoms with Crippen LogP contribution in [0.4, 0.5) is 9.52 Å². The number of piperidine rings is 1. The molecule has 0 bridgehead atoms. The van der Waals surface area contributed by atoms with E-state index in [1.54, 1.807) is 18.3 Å². The minimum absolute atomic E-state index is 0.0777. The third-order valence-corrected chi connectivity index (χ3v) is 10.5. The molecule has 0 saturated carbocycles. The number of fused-ring (bicyclic) bond motifs is 1. The molecule has 6 rings (SSSR count). The van der Waals surface area contributed by atoms with E-state index in [9.17, 15) is 18.8 Å². The third kappa shape index (κ3) is 8.71. The van der Waals surface area contributed by atoms with Gasteiger partial charge >= 0.3 is 0 Å². The number of amides is 3. The van der Waals surface area contributed by atoms with Crippen molar-refractivity contribution in [3.05, 3.63) is 94.8 Å². The molecule has 4 heterocycles. The first-order valence-corrected chi connectivity index (χ1v) is 17.3. The van der Waals surface area contributed by atoms with Crippen LogP contribution in [0.25, 0.3) is 0 Å². The average molecular weight is 660 g/mol. The molecule has 3 amide bonds. The zero-order chi connectivity index (χ0) is 32.6. The highest BCUT2D eigenvalue weighted by molar-refractivity contribution is 7.15. The van der Waals surface area contributed by atoms with Crippen LogP contribution in [0.3, 0.4) is 0 Å². The van der Waals surface area contributed by atoms with Gasteiger partial charge in [-0.3, -0.25) is 19.3 Å². The SMILES string of the molecule is O=C(CN1CC[C@@H]2NC(=O)[C@@H](Cc3ccccc3)NC(=O)C3(C/C=C/C[C@H]2C1)CCOCC3)Nc1ncc(Cc2ccc(F)cc2)s1. The molecule has 3 aliphatic rings. The Morgan fingerprint density at radius 2 is 1.83 bits per heavy atom. The van der Waals surface area contributed by atoms with Crippen molar-refractivity contribution in [3.8, 4) is 0 Å². The number of allylic oxidation sites excluding steroid dienone is 2. The highest BCUT2D eigenvalue weighted by atomic mass is 32.1. The molecular weight excluding hydrogens is 617 g/mol. The van der Waals surface area contributed by atoms with Crippen molar-refractivity contribution in [1.29, 1.82) is 0 Å². The smallest absolute Gasteiger partial charge is 0.243 e.